The molecule has 0 aromatic heterocycles. The zero-order chi connectivity index (χ0) is 24.8. The van der Waals surface area contributed by atoms with Gasteiger partial charge in [-0.3, -0.25) is 13.9 Å². The Labute approximate surface area is 205 Å². The summed E-state index contributed by atoms with van der Waals surface area (Å²) in [5.41, 5.74) is 0.910. The molecule has 0 fully saturated rings. The quantitative estimate of drug-likeness (QED) is 0.518. The predicted octanol–water partition coefficient (Wildman–Crippen LogP) is 4.09. The first-order valence-electron chi connectivity index (χ1n) is 10.5. The number of hydrogen-bond acceptors (Lipinski definition) is 4. The van der Waals surface area contributed by atoms with Crippen LogP contribution in [-0.4, -0.2) is 50.0 Å². The smallest absolute Gasteiger partial charge is 0.244 e. The number of nitrogens with one attached hydrogen (secondary N) is 1. The summed E-state index contributed by atoms with van der Waals surface area (Å²) < 4.78 is 26.1. The molecule has 0 aliphatic carbocycles. The summed E-state index contributed by atoms with van der Waals surface area (Å²) in [5.74, 6) is -0.838. The molecule has 2 aromatic carbocycles. The molecule has 7 nitrogen and oxygen atoms in total. The molecule has 10 heteroatoms. The Balaban J connectivity index is 2.46. The van der Waals surface area contributed by atoms with Crippen LogP contribution in [0.5, 0.6) is 0 Å². The molecule has 1 unspecified atom stereocenters. The van der Waals surface area contributed by atoms with Crippen LogP contribution < -0.4 is 9.62 Å². The van der Waals surface area contributed by atoms with Crippen molar-refractivity contribution in [1.82, 2.24) is 10.2 Å². The summed E-state index contributed by atoms with van der Waals surface area (Å²) in [6.07, 6.45) is 1.34. The number of rotatable bonds is 10. The van der Waals surface area contributed by atoms with Crippen LogP contribution in [-0.2, 0) is 26.2 Å². The Kier molecular flexibility index (Phi) is 9.57. The van der Waals surface area contributed by atoms with Crippen molar-refractivity contribution in [3.63, 3.8) is 0 Å². The summed E-state index contributed by atoms with van der Waals surface area (Å²) in [7, 11) is -3.89. The minimum atomic E-state index is -3.89. The maximum Gasteiger partial charge on any atom is 0.244 e. The lowest BCUT2D eigenvalue weighted by Crippen LogP contribution is -2.53. The second kappa shape index (κ2) is 11.7. The van der Waals surface area contributed by atoms with Crippen molar-refractivity contribution in [1.29, 1.82) is 0 Å². The van der Waals surface area contributed by atoms with E-state index in [1.807, 2.05) is 44.2 Å². The predicted molar refractivity (Wildman–Crippen MR) is 133 cm³/mol. The van der Waals surface area contributed by atoms with Gasteiger partial charge in [-0.25, -0.2) is 8.42 Å². The highest BCUT2D eigenvalue weighted by Gasteiger charge is 2.32. The molecule has 0 aliphatic rings. The fraction of sp³-hybridized carbons (Fsp3) is 0.391. The fourth-order valence-corrected chi connectivity index (χ4v) is 4.66. The molecule has 2 amide bonds. The van der Waals surface area contributed by atoms with Crippen LogP contribution in [0.15, 0.2) is 48.5 Å². The van der Waals surface area contributed by atoms with Crippen LogP contribution in [0.4, 0.5) is 5.69 Å². The van der Waals surface area contributed by atoms with E-state index >= 15 is 0 Å². The number of amides is 2. The summed E-state index contributed by atoms with van der Waals surface area (Å²) in [6, 6.07) is 12.9. The Morgan fingerprint density at radius 1 is 1.03 bits per heavy atom. The monoisotopic (exact) mass is 513 g/mol. The summed E-state index contributed by atoms with van der Waals surface area (Å²) in [5, 5.41) is 3.03. The average Bonchev–Trinajstić information content (AvgIpc) is 2.73. The Hall–Kier alpha value is -2.29. The normalized spacial score (nSPS) is 12.3. The molecule has 2 rings (SSSR count). The van der Waals surface area contributed by atoms with E-state index < -0.39 is 28.5 Å². The minimum Gasteiger partial charge on any atom is -0.352 e. The lowest BCUT2D eigenvalue weighted by molar-refractivity contribution is -0.140. The van der Waals surface area contributed by atoms with Gasteiger partial charge in [-0.2, -0.15) is 0 Å². The van der Waals surface area contributed by atoms with Crippen LogP contribution in [0.2, 0.25) is 10.0 Å². The molecule has 0 saturated carbocycles. The van der Waals surface area contributed by atoms with E-state index in [0.717, 1.165) is 16.1 Å². The highest BCUT2D eigenvalue weighted by atomic mass is 35.5. The van der Waals surface area contributed by atoms with Gasteiger partial charge in [0.05, 0.1) is 22.0 Å². The Morgan fingerprint density at radius 2 is 1.67 bits per heavy atom. The highest BCUT2D eigenvalue weighted by Crippen LogP contribution is 2.33. The summed E-state index contributed by atoms with van der Waals surface area (Å²) in [4.78, 5) is 27.8. The van der Waals surface area contributed by atoms with Crippen LogP contribution in [0.1, 0.15) is 32.8 Å². The van der Waals surface area contributed by atoms with Gasteiger partial charge in [0.25, 0.3) is 0 Å². The van der Waals surface area contributed by atoms with Crippen molar-refractivity contribution in [3.05, 3.63) is 64.1 Å². The highest BCUT2D eigenvalue weighted by molar-refractivity contribution is 7.92. The molecule has 180 valence electrons. The van der Waals surface area contributed by atoms with Gasteiger partial charge in [-0.1, -0.05) is 66.5 Å². The molecule has 0 spiro atoms. The molecular formula is C23H29Cl2N3O4S. The van der Waals surface area contributed by atoms with E-state index in [-0.39, 0.29) is 34.2 Å². The van der Waals surface area contributed by atoms with Crippen LogP contribution in [0.25, 0.3) is 0 Å². The van der Waals surface area contributed by atoms with Crippen LogP contribution in [0.3, 0.4) is 0 Å². The molecule has 0 heterocycles. The third-order valence-corrected chi connectivity index (χ3v) is 6.83. The SMILES string of the molecule is CCC(C(=O)NC(C)C)N(Cc1ccccc1)C(=O)CN(c1cccc(Cl)c1Cl)S(C)(=O)=O. The van der Waals surface area contributed by atoms with E-state index in [4.69, 9.17) is 23.2 Å². The van der Waals surface area contributed by atoms with Crippen molar-refractivity contribution < 1.29 is 18.0 Å². The number of benzene rings is 2. The third-order valence-electron chi connectivity index (χ3n) is 4.89. The van der Waals surface area contributed by atoms with Crippen molar-refractivity contribution in [2.75, 3.05) is 17.1 Å². The standard InChI is InChI=1S/C23H29Cl2N3O4S/c1-5-19(23(30)26-16(2)3)27(14-17-10-7-6-8-11-17)21(29)15-28(33(4,31)32)20-13-9-12-18(24)22(20)25/h6-13,16,19H,5,14-15H2,1-4H3,(H,26,30). The van der Waals surface area contributed by atoms with Crippen LogP contribution >= 0.6 is 23.2 Å². The minimum absolute atomic E-state index is 0.0246. The number of carbonyl (C=O) groups is 2. The molecule has 33 heavy (non-hydrogen) atoms. The number of sulfonamides is 1. The number of anilines is 1. The van der Waals surface area contributed by atoms with E-state index in [1.165, 1.54) is 17.0 Å². The van der Waals surface area contributed by atoms with E-state index in [0.29, 0.717) is 6.42 Å². The van der Waals surface area contributed by atoms with E-state index in [9.17, 15) is 18.0 Å². The van der Waals surface area contributed by atoms with Crippen molar-refractivity contribution >= 4 is 50.7 Å². The zero-order valence-corrected chi connectivity index (χ0v) is 21.4. The van der Waals surface area contributed by atoms with E-state index in [1.54, 1.807) is 13.0 Å². The first kappa shape index (κ1) is 27.0. The van der Waals surface area contributed by atoms with Gasteiger partial charge < -0.3 is 10.2 Å². The van der Waals surface area contributed by atoms with Gasteiger partial charge in [0.15, 0.2) is 0 Å². The van der Waals surface area contributed by atoms with Gasteiger partial charge in [-0.05, 0) is 38.0 Å². The molecule has 0 bridgehead atoms. The molecule has 0 radical (unpaired) electrons. The van der Waals surface area contributed by atoms with Gasteiger partial charge >= 0.3 is 0 Å². The topological polar surface area (TPSA) is 86.8 Å². The lowest BCUT2D eigenvalue weighted by Gasteiger charge is -2.33. The number of halogens is 2. The molecule has 1 N–H and O–H groups in total. The zero-order valence-electron chi connectivity index (χ0n) is 19.1. The first-order valence-corrected chi connectivity index (χ1v) is 13.1. The summed E-state index contributed by atoms with van der Waals surface area (Å²) >= 11 is 12.3. The van der Waals surface area contributed by atoms with Gasteiger partial charge in [0.1, 0.15) is 12.6 Å². The Morgan fingerprint density at radius 3 is 2.21 bits per heavy atom. The van der Waals surface area contributed by atoms with Gasteiger partial charge in [-0.15, -0.1) is 0 Å². The van der Waals surface area contributed by atoms with E-state index in [2.05, 4.69) is 5.32 Å². The number of nitrogens with zero attached hydrogens (tertiary/aromatic N) is 2. The second-order valence-electron chi connectivity index (χ2n) is 7.94. The van der Waals surface area contributed by atoms with Crippen molar-refractivity contribution in [3.8, 4) is 0 Å². The van der Waals surface area contributed by atoms with Crippen molar-refractivity contribution in [2.24, 2.45) is 0 Å². The second-order valence-corrected chi connectivity index (χ2v) is 10.6. The fourth-order valence-electron chi connectivity index (χ4n) is 3.36. The average molecular weight is 514 g/mol. The summed E-state index contributed by atoms with van der Waals surface area (Å²) in [6.45, 7) is 5.08. The molecular weight excluding hydrogens is 485 g/mol. The Bertz CT molecular complexity index is 1080. The maximum atomic E-state index is 13.5. The molecule has 2 aromatic rings. The number of hydrogen-bond donors (Lipinski definition) is 1. The molecule has 0 aliphatic heterocycles. The maximum absolute atomic E-state index is 13.5. The largest absolute Gasteiger partial charge is 0.352 e. The van der Waals surface area contributed by atoms with Gasteiger partial charge in [0.2, 0.25) is 21.8 Å². The first-order chi connectivity index (χ1) is 15.5. The van der Waals surface area contributed by atoms with Crippen LogP contribution in [0, 0.1) is 0 Å². The third kappa shape index (κ3) is 7.35. The number of carbonyl (C=O) groups excluding carboxylic acids is 2. The van der Waals surface area contributed by atoms with Gasteiger partial charge in [0, 0.05) is 12.6 Å². The molecule has 1 atom stereocenters. The molecule has 0 saturated heterocycles. The van der Waals surface area contributed by atoms with Crippen molar-refractivity contribution in [2.45, 2.75) is 45.8 Å². The lowest BCUT2D eigenvalue weighted by atomic mass is 10.1.